The minimum Gasteiger partial charge on any atom is -0.491 e. The van der Waals surface area contributed by atoms with E-state index in [0.717, 1.165) is 5.39 Å². The molecular weight excluding hydrogens is 338 g/mol. The van der Waals surface area contributed by atoms with Crippen LogP contribution in [0.5, 0.6) is 11.5 Å². The Bertz CT molecular complexity index is 825. The van der Waals surface area contributed by atoms with Crippen LogP contribution in [0.2, 0.25) is 0 Å². The zero-order chi connectivity index (χ0) is 18.2. The lowest BCUT2D eigenvalue weighted by molar-refractivity contribution is 0.143. The average molecular weight is 359 g/mol. The molecule has 0 spiro atoms. The van der Waals surface area contributed by atoms with Crippen molar-refractivity contribution in [2.75, 3.05) is 46.0 Å². The number of hydrogen-bond donors (Lipinski definition) is 2. The SMILES string of the molecule is COCCOc1cc(OCCOC)c2c(Nc3ccn[nH]3)ncnc2c1. The summed E-state index contributed by atoms with van der Waals surface area (Å²) in [4.78, 5) is 8.68. The van der Waals surface area contributed by atoms with E-state index < -0.39 is 0 Å². The van der Waals surface area contributed by atoms with Crippen LogP contribution in [-0.2, 0) is 9.47 Å². The predicted octanol–water partition coefficient (Wildman–Crippen LogP) is 2.15. The molecule has 9 nitrogen and oxygen atoms in total. The van der Waals surface area contributed by atoms with E-state index in [-0.39, 0.29) is 0 Å². The van der Waals surface area contributed by atoms with Gasteiger partial charge in [0, 0.05) is 32.4 Å². The summed E-state index contributed by atoms with van der Waals surface area (Å²) in [5.41, 5.74) is 0.698. The van der Waals surface area contributed by atoms with Gasteiger partial charge in [-0.3, -0.25) is 5.10 Å². The summed E-state index contributed by atoms with van der Waals surface area (Å²) in [6.45, 7) is 1.79. The minimum atomic E-state index is 0.394. The Kier molecular flexibility index (Phi) is 6.18. The Morgan fingerprint density at radius 3 is 2.54 bits per heavy atom. The fourth-order valence-corrected chi connectivity index (χ4v) is 2.35. The Morgan fingerprint density at radius 2 is 1.81 bits per heavy atom. The first kappa shape index (κ1) is 17.9. The summed E-state index contributed by atoms with van der Waals surface area (Å²) < 4.78 is 21.7. The number of ether oxygens (including phenoxy) is 4. The van der Waals surface area contributed by atoms with E-state index >= 15 is 0 Å². The van der Waals surface area contributed by atoms with Crippen molar-refractivity contribution in [2.24, 2.45) is 0 Å². The molecule has 9 heteroatoms. The highest BCUT2D eigenvalue weighted by Crippen LogP contribution is 2.35. The van der Waals surface area contributed by atoms with Gasteiger partial charge in [-0.15, -0.1) is 0 Å². The number of aromatic amines is 1. The lowest BCUT2D eigenvalue weighted by Gasteiger charge is -2.14. The fraction of sp³-hybridized carbons (Fsp3) is 0.353. The summed E-state index contributed by atoms with van der Waals surface area (Å²) in [6, 6.07) is 5.46. The molecule has 0 unspecified atom stereocenters. The molecule has 0 aliphatic carbocycles. The second-order valence-corrected chi connectivity index (χ2v) is 5.32. The highest BCUT2D eigenvalue weighted by molar-refractivity contribution is 5.96. The number of H-pyrrole nitrogens is 1. The fourth-order valence-electron chi connectivity index (χ4n) is 2.35. The van der Waals surface area contributed by atoms with E-state index in [0.29, 0.717) is 55.1 Å². The first-order valence-electron chi connectivity index (χ1n) is 8.10. The molecule has 0 amide bonds. The van der Waals surface area contributed by atoms with Gasteiger partial charge in [-0.05, 0) is 0 Å². The molecule has 2 heterocycles. The van der Waals surface area contributed by atoms with Crippen LogP contribution in [0, 0.1) is 0 Å². The summed E-state index contributed by atoms with van der Waals surface area (Å²) in [7, 11) is 3.25. The van der Waals surface area contributed by atoms with Crippen LogP contribution in [0.25, 0.3) is 10.9 Å². The van der Waals surface area contributed by atoms with Crippen molar-refractivity contribution < 1.29 is 18.9 Å². The lowest BCUT2D eigenvalue weighted by Crippen LogP contribution is -2.08. The summed E-state index contributed by atoms with van der Waals surface area (Å²) in [5.74, 6) is 2.58. The van der Waals surface area contributed by atoms with Gasteiger partial charge in [-0.25, -0.2) is 9.97 Å². The van der Waals surface area contributed by atoms with Crippen molar-refractivity contribution in [2.45, 2.75) is 0 Å². The molecule has 2 aromatic heterocycles. The van der Waals surface area contributed by atoms with Gasteiger partial charge in [-0.1, -0.05) is 0 Å². The van der Waals surface area contributed by atoms with E-state index in [1.165, 1.54) is 6.33 Å². The van der Waals surface area contributed by atoms with Crippen molar-refractivity contribution in [3.63, 3.8) is 0 Å². The van der Waals surface area contributed by atoms with Gasteiger partial charge in [0.05, 0.1) is 30.3 Å². The summed E-state index contributed by atoms with van der Waals surface area (Å²) >= 11 is 0. The molecule has 0 saturated carbocycles. The summed E-state index contributed by atoms with van der Waals surface area (Å²) in [5, 5.41) is 10.7. The summed E-state index contributed by atoms with van der Waals surface area (Å²) in [6.07, 6.45) is 3.14. The molecule has 3 aromatic rings. The third kappa shape index (κ3) is 4.38. The molecule has 0 aliphatic heterocycles. The Hall–Kier alpha value is -2.91. The number of benzene rings is 1. The molecule has 2 N–H and O–H groups in total. The number of rotatable bonds is 10. The molecule has 0 atom stereocenters. The standard InChI is InChI=1S/C17H21N5O4/c1-23-5-7-25-12-9-13-16(14(10-12)26-8-6-24-2)17(19-11-18-13)21-15-3-4-20-22-15/h3-4,9-11H,5-8H2,1-2H3,(H2,18,19,20,21,22). The Labute approximate surface area is 150 Å². The second-order valence-electron chi connectivity index (χ2n) is 5.32. The molecule has 0 bridgehead atoms. The number of anilines is 2. The lowest BCUT2D eigenvalue weighted by atomic mass is 10.2. The third-order valence-electron chi connectivity index (χ3n) is 3.53. The number of hydrogen-bond acceptors (Lipinski definition) is 8. The zero-order valence-electron chi connectivity index (χ0n) is 14.7. The molecule has 0 saturated heterocycles. The highest BCUT2D eigenvalue weighted by Gasteiger charge is 2.14. The minimum absolute atomic E-state index is 0.394. The van der Waals surface area contributed by atoms with Crippen molar-refractivity contribution in [3.8, 4) is 11.5 Å². The van der Waals surface area contributed by atoms with Gasteiger partial charge in [-0.2, -0.15) is 5.10 Å². The maximum absolute atomic E-state index is 5.88. The average Bonchev–Trinajstić information content (AvgIpc) is 3.15. The molecule has 26 heavy (non-hydrogen) atoms. The maximum Gasteiger partial charge on any atom is 0.146 e. The topological polar surface area (TPSA) is 103 Å². The Morgan fingerprint density at radius 1 is 1.00 bits per heavy atom. The van der Waals surface area contributed by atoms with Crippen LogP contribution in [-0.4, -0.2) is 60.8 Å². The normalized spacial score (nSPS) is 10.8. The van der Waals surface area contributed by atoms with Gasteiger partial charge in [0.2, 0.25) is 0 Å². The van der Waals surface area contributed by atoms with Gasteiger partial charge >= 0.3 is 0 Å². The molecule has 0 aliphatic rings. The van der Waals surface area contributed by atoms with E-state index in [1.807, 2.05) is 18.2 Å². The molecule has 0 fully saturated rings. The number of methoxy groups -OCH3 is 2. The predicted molar refractivity (Wildman–Crippen MR) is 96.2 cm³/mol. The van der Waals surface area contributed by atoms with Crippen LogP contribution in [0.4, 0.5) is 11.6 Å². The van der Waals surface area contributed by atoms with E-state index in [2.05, 4.69) is 25.5 Å². The van der Waals surface area contributed by atoms with E-state index in [1.54, 1.807) is 20.4 Å². The first-order chi connectivity index (χ1) is 12.8. The first-order valence-corrected chi connectivity index (χ1v) is 8.10. The zero-order valence-corrected chi connectivity index (χ0v) is 14.7. The third-order valence-corrected chi connectivity index (χ3v) is 3.53. The highest BCUT2D eigenvalue weighted by atomic mass is 16.5. The number of aromatic nitrogens is 4. The molecular formula is C17H21N5O4. The quantitative estimate of drug-likeness (QED) is 0.531. The van der Waals surface area contributed by atoms with Gasteiger partial charge in [0.15, 0.2) is 0 Å². The van der Waals surface area contributed by atoms with Crippen LogP contribution in [0.15, 0.2) is 30.7 Å². The van der Waals surface area contributed by atoms with Crippen molar-refractivity contribution >= 4 is 22.5 Å². The molecule has 1 aromatic carbocycles. The van der Waals surface area contributed by atoms with Gasteiger partial charge in [0.1, 0.15) is 42.7 Å². The molecule has 0 radical (unpaired) electrons. The van der Waals surface area contributed by atoms with E-state index in [9.17, 15) is 0 Å². The van der Waals surface area contributed by atoms with Gasteiger partial charge in [0.25, 0.3) is 0 Å². The smallest absolute Gasteiger partial charge is 0.146 e. The van der Waals surface area contributed by atoms with E-state index in [4.69, 9.17) is 18.9 Å². The molecule has 3 rings (SSSR count). The molecule has 138 valence electrons. The second kappa shape index (κ2) is 8.97. The van der Waals surface area contributed by atoms with Crippen LogP contribution >= 0.6 is 0 Å². The van der Waals surface area contributed by atoms with Crippen LogP contribution in [0.3, 0.4) is 0 Å². The van der Waals surface area contributed by atoms with Crippen molar-refractivity contribution in [1.82, 2.24) is 20.2 Å². The number of nitrogens with one attached hydrogen (secondary N) is 2. The number of nitrogens with zero attached hydrogens (tertiary/aromatic N) is 3. The maximum atomic E-state index is 5.88. The number of fused-ring (bicyclic) bond motifs is 1. The van der Waals surface area contributed by atoms with Gasteiger partial charge < -0.3 is 24.3 Å². The van der Waals surface area contributed by atoms with Crippen molar-refractivity contribution in [3.05, 3.63) is 30.7 Å². The van der Waals surface area contributed by atoms with Crippen molar-refractivity contribution in [1.29, 1.82) is 0 Å². The van der Waals surface area contributed by atoms with Crippen LogP contribution in [0.1, 0.15) is 0 Å². The Balaban J connectivity index is 1.96. The monoisotopic (exact) mass is 359 g/mol. The van der Waals surface area contributed by atoms with Crippen LogP contribution < -0.4 is 14.8 Å². The largest absolute Gasteiger partial charge is 0.491 e.